The SMILES string of the molecule is CN1CCN(c2cc(Nc3cccc4ccccc34)nc(N)n2)CC1. The topological polar surface area (TPSA) is 70.3 Å². The van der Waals surface area contributed by atoms with Gasteiger partial charge >= 0.3 is 0 Å². The lowest BCUT2D eigenvalue weighted by molar-refractivity contribution is 0.312. The highest BCUT2D eigenvalue weighted by molar-refractivity contribution is 5.95. The Morgan fingerprint density at radius 1 is 0.960 bits per heavy atom. The van der Waals surface area contributed by atoms with Crippen molar-refractivity contribution in [2.24, 2.45) is 0 Å². The highest BCUT2D eigenvalue weighted by Crippen LogP contribution is 2.27. The van der Waals surface area contributed by atoms with Crippen molar-refractivity contribution >= 4 is 34.0 Å². The van der Waals surface area contributed by atoms with Crippen LogP contribution in [0.5, 0.6) is 0 Å². The van der Waals surface area contributed by atoms with Crippen LogP contribution in [0.4, 0.5) is 23.3 Å². The van der Waals surface area contributed by atoms with Crippen LogP contribution >= 0.6 is 0 Å². The second-order valence-corrected chi connectivity index (χ2v) is 6.41. The van der Waals surface area contributed by atoms with E-state index in [1.165, 1.54) is 5.39 Å². The predicted octanol–water partition coefficient (Wildman–Crippen LogP) is 2.71. The van der Waals surface area contributed by atoms with Crippen molar-refractivity contribution in [1.82, 2.24) is 14.9 Å². The molecular weight excluding hydrogens is 312 g/mol. The number of rotatable bonds is 3. The first-order valence-corrected chi connectivity index (χ1v) is 8.52. The minimum atomic E-state index is 0.291. The monoisotopic (exact) mass is 334 g/mol. The van der Waals surface area contributed by atoms with E-state index in [-0.39, 0.29) is 0 Å². The molecule has 0 amide bonds. The second kappa shape index (κ2) is 6.57. The van der Waals surface area contributed by atoms with Gasteiger partial charge in [0.15, 0.2) is 0 Å². The maximum Gasteiger partial charge on any atom is 0.223 e. The number of hydrogen-bond donors (Lipinski definition) is 2. The number of hydrogen-bond acceptors (Lipinski definition) is 6. The molecule has 3 N–H and O–H groups in total. The van der Waals surface area contributed by atoms with Gasteiger partial charge in [-0.15, -0.1) is 0 Å². The van der Waals surface area contributed by atoms with Crippen LogP contribution < -0.4 is 16.0 Å². The molecule has 6 nitrogen and oxygen atoms in total. The Balaban J connectivity index is 1.64. The lowest BCUT2D eigenvalue weighted by Crippen LogP contribution is -2.44. The average Bonchev–Trinajstić information content (AvgIpc) is 2.62. The van der Waals surface area contributed by atoms with E-state index in [1.54, 1.807) is 0 Å². The van der Waals surface area contributed by atoms with Crippen LogP contribution in [-0.2, 0) is 0 Å². The second-order valence-electron chi connectivity index (χ2n) is 6.41. The number of piperazine rings is 1. The zero-order valence-corrected chi connectivity index (χ0v) is 14.3. The largest absolute Gasteiger partial charge is 0.368 e. The highest BCUT2D eigenvalue weighted by Gasteiger charge is 2.17. The fraction of sp³-hybridized carbons (Fsp3) is 0.263. The van der Waals surface area contributed by atoms with E-state index in [9.17, 15) is 0 Å². The molecule has 0 radical (unpaired) electrons. The predicted molar refractivity (Wildman–Crippen MR) is 103 cm³/mol. The van der Waals surface area contributed by atoms with Crippen LogP contribution in [0.2, 0.25) is 0 Å². The van der Waals surface area contributed by atoms with Gasteiger partial charge in [-0.2, -0.15) is 9.97 Å². The molecule has 1 fully saturated rings. The summed E-state index contributed by atoms with van der Waals surface area (Å²) < 4.78 is 0. The Hall–Kier alpha value is -2.86. The zero-order valence-electron chi connectivity index (χ0n) is 14.3. The molecule has 4 rings (SSSR count). The first-order valence-electron chi connectivity index (χ1n) is 8.52. The molecule has 3 aromatic rings. The number of likely N-dealkylation sites (N-methyl/N-ethyl adjacent to an activating group) is 1. The van der Waals surface area contributed by atoms with Gasteiger partial charge in [0, 0.05) is 43.3 Å². The van der Waals surface area contributed by atoms with Gasteiger partial charge in [0.05, 0.1) is 0 Å². The van der Waals surface area contributed by atoms with E-state index in [0.29, 0.717) is 5.95 Å². The summed E-state index contributed by atoms with van der Waals surface area (Å²) in [5.41, 5.74) is 6.97. The number of nitrogen functional groups attached to an aromatic ring is 1. The molecule has 128 valence electrons. The maximum absolute atomic E-state index is 5.96. The van der Waals surface area contributed by atoms with E-state index in [0.717, 1.165) is 48.9 Å². The van der Waals surface area contributed by atoms with E-state index in [1.807, 2.05) is 24.3 Å². The Kier molecular flexibility index (Phi) is 4.11. The van der Waals surface area contributed by atoms with Crippen molar-refractivity contribution in [3.63, 3.8) is 0 Å². The minimum Gasteiger partial charge on any atom is -0.368 e. The normalized spacial score (nSPS) is 15.5. The molecule has 1 aromatic heterocycles. The average molecular weight is 334 g/mol. The molecule has 0 aliphatic carbocycles. The molecule has 1 aliphatic heterocycles. The fourth-order valence-electron chi connectivity index (χ4n) is 3.19. The van der Waals surface area contributed by atoms with Gasteiger partial charge in [-0.3, -0.25) is 0 Å². The van der Waals surface area contributed by atoms with Gasteiger partial charge in [0.25, 0.3) is 0 Å². The van der Waals surface area contributed by atoms with Crippen LogP contribution in [0.3, 0.4) is 0 Å². The molecule has 25 heavy (non-hydrogen) atoms. The summed E-state index contributed by atoms with van der Waals surface area (Å²) in [7, 11) is 2.14. The molecule has 0 saturated carbocycles. The lowest BCUT2D eigenvalue weighted by atomic mass is 10.1. The molecule has 0 bridgehead atoms. The van der Waals surface area contributed by atoms with E-state index in [2.05, 4.69) is 56.4 Å². The summed E-state index contributed by atoms with van der Waals surface area (Å²) >= 11 is 0. The van der Waals surface area contributed by atoms with Crippen LogP contribution in [0.25, 0.3) is 10.8 Å². The van der Waals surface area contributed by atoms with Crippen molar-refractivity contribution in [3.05, 3.63) is 48.5 Å². The van der Waals surface area contributed by atoms with Crippen LogP contribution in [0.15, 0.2) is 48.5 Å². The smallest absolute Gasteiger partial charge is 0.223 e. The van der Waals surface area contributed by atoms with Crippen LogP contribution in [0.1, 0.15) is 0 Å². The van der Waals surface area contributed by atoms with Gasteiger partial charge in [0.2, 0.25) is 5.95 Å². The molecule has 0 atom stereocenters. The first kappa shape index (κ1) is 15.7. The third-order valence-electron chi connectivity index (χ3n) is 4.61. The summed E-state index contributed by atoms with van der Waals surface area (Å²) in [6.07, 6.45) is 0. The van der Waals surface area contributed by atoms with Crippen molar-refractivity contribution in [2.45, 2.75) is 0 Å². The number of fused-ring (bicyclic) bond motifs is 1. The third kappa shape index (κ3) is 3.34. The molecule has 1 saturated heterocycles. The van der Waals surface area contributed by atoms with Gasteiger partial charge in [0.1, 0.15) is 11.6 Å². The fourth-order valence-corrected chi connectivity index (χ4v) is 3.19. The standard InChI is InChI=1S/C19H22N6/c1-24-9-11-25(12-10-24)18-13-17(22-19(20)23-18)21-16-8-4-6-14-5-2-3-7-15(14)16/h2-8,13H,9-12H2,1H3,(H3,20,21,22,23). The first-order chi connectivity index (χ1) is 12.2. The number of nitrogens with two attached hydrogens (primary N) is 1. The molecule has 6 heteroatoms. The molecule has 0 spiro atoms. The Morgan fingerprint density at radius 3 is 2.56 bits per heavy atom. The maximum atomic E-state index is 5.96. The Bertz CT molecular complexity index is 881. The summed E-state index contributed by atoms with van der Waals surface area (Å²) in [6.45, 7) is 3.94. The number of nitrogens with zero attached hydrogens (tertiary/aromatic N) is 4. The molecule has 2 heterocycles. The molecule has 1 aliphatic rings. The van der Waals surface area contributed by atoms with Gasteiger partial charge < -0.3 is 20.9 Å². The van der Waals surface area contributed by atoms with Crippen molar-refractivity contribution in [2.75, 3.05) is 49.2 Å². The van der Waals surface area contributed by atoms with Crippen LogP contribution in [0, 0.1) is 0 Å². The lowest BCUT2D eigenvalue weighted by Gasteiger charge is -2.33. The van der Waals surface area contributed by atoms with Crippen LogP contribution in [-0.4, -0.2) is 48.1 Å². The molecular formula is C19H22N6. The Morgan fingerprint density at radius 2 is 1.72 bits per heavy atom. The van der Waals surface area contributed by atoms with Crippen molar-refractivity contribution < 1.29 is 0 Å². The highest BCUT2D eigenvalue weighted by atomic mass is 15.3. The quantitative estimate of drug-likeness (QED) is 0.767. The molecule has 2 aromatic carbocycles. The van der Waals surface area contributed by atoms with Gasteiger partial charge in [-0.05, 0) is 18.5 Å². The summed E-state index contributed by atoms with van der Waals surface area (Å²) in [5.74, 6) is 1.89. The van der Waals surface area contributed by atoms with E-state index in [4.69, 9.17) is 5.73 Å². The number of nitrogens with one attached hydrogen (secondary N) is 1. The number of aromatic nitrogens is 2. The Labute approximate surface area is 147 Å². The van der Waals surface area contributed by atoms with Gasteiger partial charge in [-0.25, -0.2) is 0 Å². The van der Waals surface area contributed by atoms with Crippen molar-refractivity contribution in [3.8, 4) is 0 Å². The van der Waals surface area contributed by atoms with Crippen molar-refractivity contribution in [1.29, 1.82) is 0 Å². The molecule has 0 unspecified atom stereocenters. The number of benzene rings is 2. The third-order valence-corrected chi connectivity index (χ3v) is 4.61. The number of anilines is 4. The summed E-state index contributed by atoms with van der Waals surface area (Å²) in [6, 6.07) is 16.5. The minimum absolute atomic E-state index is 0.291. The summed E-state index contributed by atoms with van der Waals surface area (Å²) in [5, 5.41) is 5.75. The summed E-state index contributed by atoms with van der Waals surface area (Å²) in [4.78, 5) is 13.4. The zero-order chi connectivity index (χ0) is 17.2. The van der Waals surface area contributed by atoms with E-state index < -0.39 is 0 Å². The van der Waals surface area contributed by atoms with Gasteiger partial charge in [-0.1, -0.05) is 36.4 Å². The van der Waals surface area contributed by atoms with E-state index >= 15 is 0 Å².